The average molecular weight is 379 g/mol. The van der Waals surface area contributed by atoms with E-state index in [9.17, 15) is 4.79 Å². The Hall–Kier alpha value is -2.20. The number of aromatic nitrogens is 1. The highest BCUT2D eigenvalue weighted by atomic mass is 32.1. The maximum atomic E-state index is 13.4. The Labute approximate surface area is 165 Å². The summed E-state index contributed by atoms with van der Waals surface area (Å²) >= 11 is 1.64. The van der Waals surface area contributed by atoms with Crippen molar-refractivity contribution in [1.82, 2.24) is 4.98 Å². The fraction of sp³-hybridized carbons (Fsp3) is 0.391. The SMILES string of the molecule is CCc1ccc2nc(N(Cc3ccccc3)C(=O)C3CCCCC3)sc2c1. The lowest BCUT2D eigenvalue weighted by Gasteiger charge is -2.27. The smallest absolute Gasteiger partial charge is 0.232 e. The minimum Gasteiger partial charge on any atom is -0.283 e. The maximum absolute atomic E-state index is 13.4. The van der Waals surface area contributed by atoms with Crippen LogP contribution in [0.25, 0.3) is 10.2 Å². The van der Waals surface area contributed by atoms with Crippen molar-refractivity contribution < 1.29 is 4.79 Å². The predicted molar refractivity (Wildman–Crippen MR) is 113 cm³/mol. The molecule has 1 saturated carbocycles. The van der Waals surface area contributed by atoms with Gasteiger partial charge in [-0.05, 0) is 42.5 Å². The fourth-order valence-electron chi connectivity index (χ4n) is 3.87. The lowest BCUT2D eigenvalue weighted by molar-refractivity contribution is -0.123. The minimum absolute atomic E-state index is 0.140. The van der Waals surface area contributed by atoms with Crippen molar-refractivity contribution in [1.29, 1.82) is 0 Å². The van der Waals surface area contributed by atoms with Crippen molar-refractivity contribution in [2.24, 2.45) is 5.92 Å². The number of thiazole rings is 1. The van der Waals surface area contributed by atoms with Gasteiger partial charge in [-0.1, -0.05) is 73.9 Å². The Balaban J connectivity index is 1.69. The molecule has 0 unspecified atom stereocenters. The van der Waals surface area contributed by atoms with Crippen molar-refractivity contribution in [3.05, 3.63) is 59.7 Å². The molecule has 1 amide bonds. The van der Waals surface area contributed by atoms with Crippen molar-refractivity contribution in [3.63, 3.8) is 0 Å². The molecule has 4 rings (SSSR count). The van der Waals surface area contributed by atoms with Crippen LogP contribution in [0.1, 0.15) is 50.2 Å². The minimum atomic E-state index is 0.140. The van der Waals surface area contributed by atoms with Gasteiger partial charge in [-0.25, -0.2) is 4.98 Å². The number of carbonyl (C=O) groups is 1. The highest BCUT2D eigenvalue weighted by Crippen LogP contribution is 2.34. The second-order valence-electron chi connectivity index (χ2n) is 7.40. The Morgan fingerprint density at radius 3 is 2.59 bits per heavy atom. The standard InChI is InChI=1S/C23H26N2OS/c1-2-17-13-14-20-21(15-17)27-23(24-20)25(16-18-9-5-3-6-10-18)22(26)19-11-7-4-8-12-19/h3,5-6,9-10,13-15,19H,2,4,7-8,11-12,16H2,1H3. The van der Waals surface area contributed by atoms with E-state index in [1.807, 2.05) is 23.1 Å². The summed E-state index contributed by atoms with van der Waals surface area (Å²) in [6.45, 7) is 2.76. The first-order valence-corrected chi connectivity index (χ1v) is 10.8. The van der Waals surface area contributed by atoms with Gasteiger partial charge in [0.2, 0.25) is 5.91 Å². The summed E-state index contributed by atoms with van der Waals surface area (Å²) in [6.07, 6.45) is 6.61. The highest BCUT2D eigenvalue weighted by Gasteiger charge is 2.28. The number of rotatable bonds is 5. The van der Waals surface area contributed by atoms with Gasteiger partial charge in [-0.15, -0.1) is 0 Å². The molecule has 1 aliphatic carbocycles. The van der Waals surface area contributed by atoms with E-state index in [0.29, 0.717) is 6.54 Å². The van der Waals surface area contributed by atoms with E-state index in [1.165, 1.54) is 16.7 Å². The molecule has 0 atom stereocenters. The second-order valence-corrected chi connectivity index (χ2v) is 8.41. The number of hydrogen-bond donors (Lipinski definition) is 0. The number of amides is 1. The number of nitrogens with zero attached hydrogens (tertiary/aromatic N) is 2. The van der Waals surface area contributed by atoms with Gasteiger partial charge < -0.3 is 0 Å². The molecule has 4 heteroatoms. The molecule has 0 bridgehead atoms. The monoisotopic (exact) mass is 378 g/mol. The number of carbonyl (C=O) groups excluding carboxylic acids is 1. The Morgan fingerprint density at radius 1 is 1.07 bits per heavy atom. The first-order valence-electron chi connectivity index (χ1n) is 9.99. The van der Waals surface area contributed by atoms with E-state index in [0.717, 1.165) is 48.3 Å². The molecule has 27 heavy (non-hydrogen) atoms. The van der Waals surface area contributed by atoms with E-state index in [1.54, 1.807) is 11.3 Å². The van der Waals surface area contributed by atoms with Gasteiger partial charge in [0.25, 0.3) is 0 Å². The van der Waals surface area contributed by atoms with Crippen molar-refractivity contribution in [2.75, 3.05) is 4.90 Å². The molecular weight excluding hydrogens is 352 g/mol. The van der Waals surface area contributed by atoms with Crippen molar-refractivity contribution in [2.45, 2.75) is 52.0 Å². The number of fused-ring (bicyclic) bond motifs is 1. The van der Waals surface area contributed by atoms with Crippen molar-refractivity contribution in [3.8, 4) is 0 Å². The van der Waals surface area contributed by atoms with Crippen LogP contribution in [0.2, 0.25) is 0 Å². The summed E-state index contributed by atoms with van der Waals surface area (Å²) in [7, 11) is 0. The van der Waals surface area contributed by atoms with Crippen LogP contribution in [0, 0.1) is 5.92 Å². The molecule has 1 fully saturated rings. The highest BCUT2D eigenvalue weighted by molar-refractivity contribution is 7.22. The molecule has 140 valence electrons. The first-order chi connectivity index (χ1) is 13.2. The molecule has 0 radical (unpaired) electrons. The molecule has 1 aliphatic rings. The zero-order valence-electron chi connectivity index (χ0n) is 15.9. The van der Waals surface area contributed by atoms with Gasteiger partial charge in [0, 0.05) is 5.92 Å². The van der Waals surface area contributed by atoms with Crippen LogP contribution in [0.4, 0.5) is 5.13 Å². The Kier molecular flexibility index (Phi) is 5.53. The Morgan fingerprint density at radius 2 is 1.85 bits per heavy atom. The molecule has 3 aromatic rings. The van der Waals surface area contributed by atoms with E-state index in [-0.39, 0.29) is 11.8 Å². The molecule has 2 aromatic carbocycles. The first kappa shape index (κ1) is 18.2. The summed E-state index contributed by atoms with van der Waals surface area (Å²) in [5.74, 6) is 0.383. The molecule has 1 aromatic heterocycles. The number of anilines is 1. The van der Waals surface area contributed by atoms with Gasteiger partial charge in [0.1, 0.15) is 0 Å². The zero-order chi connectivity index (χ0) is 18.6. The van der Waals surface area contributed by atoms with Crippen LogP contribution < -0.4 is 4.90 Å². The third kappa shape index (κ3) is 4.06. The summed E-state index contributed by atoms with van der Waals surface area (Å²) in [5, 5.41) is 0.831. The number of benzene rings is 2. The molecule has 0 spiro atoms. The summed E-state index contributed by atoms with van der Waals surface area (Å²) in [5.41, 5.74) is 3.45. The van der Waals surface area contributed by atoms with Gasteiger partial charge in [-0.3, -0.25) is 9.69 Å². The van der Waals surface area contributed by atoms with E-state index < -0.39 is 0 Å². The summed E-state index contributed by atoms with van der Waals surface area (Å²) < 4.78 is 1.17. The third-order valence-electron chi connectivity index (χ3n) is 5.48. The lowest BCUT2D eigenvalue weighted by atomic mass is 9.88. The summed E-state index contributed by atoms with van der Waals surface area (Å²) in [6, 6.07) is 16.7. The van der Waals surface area contributed by atoms with Crippen LogP contribution in [0.5, 0.6) is 0 Å². The normalized spacial score (nSPS) is 15.1. The topological polar surface area (TPSA) is 33.2 Å². The van der Waals surface area contributed by atoms with Gasteiger partial charge in [-0.2, -0.15) is 0 Å². The predicted octanol–water partition coefficient (Wildman–Crippen LogP) is 5.97. The molecule has 1 heterocycles. The van der Waals surface area contributed by atoms with Gasteiger partial charge in [0.05, 0.1) is 16.8 Å². The lowest BCUT2D eigenvalue weighted by Crippen LogP contribution is -2.36. The molecule has 0 aliphatic heterocycles. The second kappa shape index (κ2) is 8.22. The molecule has 0 saturated heterocycles. The largest absolute Gasteiger partial charge is 0.283 e. The van der Waals surface area contributed by atoms with Crippen molar-refractivity contribution >= 4 is 32.6 Å². The third-order valence-corrected chi connectivity index (χ3v) is 6.53. The number of aryl methyl sites for hydroxylation is 1. The quantitative estimate of drug-likeness (QED) is 0.548. The van der Waals surface area contributed by atoms with Gasteiger partial charge in [0.15, 0.2) is 5.13 Å². The molecule has 0 N–H and O–H groups in total. The van der Waals surface area contributed by atoms with Crippen LogP contribution in [0.15, 0.2) is 48.5 Å². The van der Waals surface area contributed by atoms with E-state index in [4.69, 9.17) is 4.98 Å². The van der Waals surface area contributed by atoms with Crippen LogP contribution in [-0.4, -0.2) is 10.9 Å². The number of hydrogen-bond acceptors (Lipinski definition) is 3. The molecule has 3 nitrogen and oxygen atoms in total. The van der Waals surface area contributed by atoms with Crippen LogP contribution in [-0.2, 0) is 17.8 Å². The fourth-order valence-corrected chi connectivity index (χ4v) is 4.90. The van der Waals surface area contributed by atoms with Gasteiger partial charge >= 0.3 is 0 Å². The van der Waals surface area contributed by atoms with E-state index in [2.05, 4.69) is 37.3 Å². The summed E-state index contributed by atoms with van der Waals surface area (Å²) in [4.78, 5) is 20.2. The average Bonchev–Trinajstić information content (AvgIpc) is 3.15. The zero-order valence-corrected chi connectivity index (χ0v) is 16.7. The van der Waals surface area contributed by atoms with Crippen LogP contribution >= 0.6 is 11.3 Å². The Bertz CT molecular complexity index is 913. The van der Waals surface area contributed by atoms with E-state index >= 15 is 0 Å². The maximum Gasteiger partial charge on any atom is 0.232 e. The van der Waals surface area contributed by atoms with Crippen LogP contribution in [0.3, 0.4) is 0 Å². The molecular formula is C23H26N2OS.